The lowest BCUT2D eigenvalue weighted by Crippen LogP contribution is -2.55. The fraction of sp³-hybridized carbons (Fsp3) is 0.842. The van der Waals surface area contributed by atoms with Gasteiger partial charge in [-0.3, -0.25) is 0 Å². The number of hydrogen-bond acceptors (Lipinski definition) is 2. The van der Waals surface area contributed by atoms with Gasteiger partial charge < -0.3 is 9.90 Å². The van der Waals surface area contributed by atoms with E-state index in [0.717, 1.165) is 38.5 Å². The second-order valence-electron chi connectivity index (χ2n) is 8.99. The van der Waals surface area contributed by atoms with Crippen LogP contribution in [0.25, 0.3) is 0 Å². The minimum absolute atomic E-state index is 0.000436. The molecule has 0 spiro atoms. The maximum atomic E-state index is 11.4. The number of aldehydes is 1. The van der Waals surface area contributed by atoms with Crippen LogP contribution in [0.3, 0.4) is 0 Å². The van der Waals surface area contributed by atoms with Crippen molar-refractivity contribution in [2.45, 2.75) is 72.3 Å². The Balaban J connectivity index is 1.95. The normalized spacial score (nSPS) is 48.8. The third kappa shape index (κ3) is 2.13. The van der Waals surface area contributed by atoms with Crippen LogP contribution in [0.2, 0.25) is 0 Å². The average Bonchev–Trinajstić information content (AvgIpc) is 2.43. The van der Waals surface area contributed by atoms with E-state index in [1.807, 2.05) is 0 Å². The molecule has 21 heavy (non-hydrogen) atoms. The van der Waals surface area contributed by atoms with E-state index < -0.39 is 0 Å². The minimum Gasteiger partial charge on any atom is -0.393 e. The Morgan fingerprint density at radius 1 is 1.19 bits per heavy atom. The van der Waals surface area contributed by atoms with Gasteiger partial charge >= 0.3 is 0 Å². The van der Waals surface area contributed by atoms with Gasteiger partial charge in [-0.25, -0.2) is 0 Å². The summed E-state index contributed by atoms with van der Waals surface area (Å²) in [5.41, 5.74) is 1.69. The molecule has 0 aliphatic heterocycles. The van der Waals surface area contributed by atoms with Gasteiger partial charge in [-0.05, 0) is 61.2 Å². The van der Waals surface area contributed by atoms with Gasteiger partial charge in [0.2, 0.25) is 0 Å². The summed E-state index contributed by atoms with van der Waals surface area (Å²) in [5, 5.41) is 10.4. The highest BCUT2D eigenvalue weighted by atomic mass is 16.3. The molecule has 2 fully saturated rings. The zero-order valence-corrected chi connectivity index (χ0v) is 14.0. The molecular formula is C19H30O2. The highest BCUT2D eigenvalue weighted by Crippen LogP contribution is 2.63. The van der Waals surface area contributed by atoms with Crippen LogP contribution >= 0.6 is 0 Å². The second-order valence-corrected chi connectivity index (χ2v) is 8.99. The van der Waals surface area contributed by atoms with Gasteiger partial charge in [-0.1, -0.05) is 39.3 Å². The maximum Gasteiger partial charge on any atom is 0.126 e. The number of rotatable bonds is 1. The monoisotopic (exact) mass is 290 g/mol. The van der Waals surface area contributed by atoms with E-state index in [1.165, 1.54) is 11.9 Å². The summed E-state index contributed by atoms with van der Waals surface area (Å²) >= 11 is 0. The molecule has 0 radical (unpaired) electrons. The van der Waals surface area contributed by atoms with Crippen molar-refractivity contribution in [3.8, 4) is 0 Å². The van der Waals surface area contributed by atoms with Gasteiger partial charge in [0.25, 0.3) is 0 Å². The van der Waals surface area contributed by atoms with Crippen molar-refractivity contribution in [1.29, 1.82) is 0 Å². The summed E-state index contributed by atoms with van der Waals surface area (Å²) < 4.78 is 0. The highest BCUT2D eigenvalue weighted by Gasteiger charge is 2.56. The van der Waals surface area contributed by atoms with Crippen molar-refractivity contribution in [2.24, 2.45) is 28.1 Å². The van der Waals surface area contributed by atoms with Crippen molar-refractivity contribution in [3.63, 3.8) is 0 Å². The van der Waals surface area contributed by atoms with Gasteiger partial charge in [0.15, 0.2) is 0 Å². The summed E-state index contributed by atoms with van der Waals surface area (Å²) in [6, 6.07) is 0. The molecule has 2 saturated carbocycles. The van der Waals surface area contributed by atoms with Crippen molar-refractivity contribution in [1.82, 2.24) is 0 Å². The van der Waals surface area contributed by atoms with Gasteiger partial charge in [-0.15, -0.1) is 0 Å². The lowest BCUT2D eigenvalue weighted by Gasteiger charge is -2.60. The largest absolute Gasteiger partial charge is 0.393 e. The van der Waals surface area contributed by atoms with Crippen molar-refractivity contribution < 1.29 is 9.90 Å². The topological polar surface area (TPSA) is 37.3 Å². The smallest absolute Gasteiger partial charge is 0.126 e. The Kier molecular flexibility index (Phi) is 3.40. The molecule has 3 rings (SSSR count). The molecule has 5 atom stereocenters. The van der Waals surface area contributed by atoms with E-state index >= 15 is 0 Å². The van der Waals surface area contributed by atoms with Gasteiger partial charge in [-0.2, -0.15) is 0 Å². The first-order valence-corrected chi connectivity index (χ1v) is 8.56. The third-order valence-corrected chi connectivity index (χ3v) is 7.27. The molecule has 1 N–H and O–H groups in total. The van der Waals surface area contributed by atoms with Crippen LogP contribution in [0, 0.1) is 28.1 Å². The second kappa shape index (κ2) is 4.68. The number of carbonyl (C=O) groups is 1. The Morgan fingerprint density at radius 2 is 1.90 bits per heavy atom. The Bertz CT molecular complexity index is 478. The van der Waals surface area contributed by atoms with Crippen LogP contribution in [-0.2, 0) is 4.79 Å². The lowest BCUT2D eigenvalue weighted by molar-refractivity contribution is -0.126. The summed E-state index contributed by atoms with van der Waals surface area (Å²) in [6.07, 6.45) is 9.65. The van der Waals surface area contributed by atoms with E-state index in [1.54, 1.807) is 0 Å². The zero-order chi connectivity index (χ0) is 15.5. The molecule has 0 aromatic rings. The van der Waals surface area contributed by atoms with E-state index in [-0.39, 0.29) is 16.9 Å². The van der Waals surface area contributed by atoms with Crippen LogP contribution in [0.4, 0.5) is 0 Å². The van der Waals surface area contributed by atoms with Gasteiger partial charge in [0.05, 0.1) is 6.10 Å². The molecule has 3 aliphatic carbocycles. The van der Waals surface area contributed by atoms with Gasteiger partial charge in [0.1, 0.15) is 6.29 Å². The van der Waals surface area contributed by atoms with Crippen molar-refractivity contribution in [3.05, 3.63) is 11.6 Å². The highest BCUT2D eigenvalue weighted by molar-refractivity contribution is 5.60. The van der Waals surface area contributed by atoms with Crippen molar-refractivity contribution in [2.75, 3.05) is 0 Å². The van der Waals surface area contributed by atoms with Crippen LogP contribution < -0.4 is 0 Å². The number of allylic oxidation sites excluding steroid dienone is 2. The molecule has 118 valence electrons. The van der Waals surface area contributed by atoms with Gasteiger partial charge in [0, 0.05) is 5.41 Å². The van der Waals surface area contributed by atoms with Crippen LogP contribution in [-0.4, -0.2) is 17.5 Å². The molecule has 0 amide bonds. The summed E-state index contributed by atoms with van der Waals surface area (Å²) in [5.74, 6) is 1.18. The molecule has 0 bridgehead atoms. The Hall–Kier alpha value is -0.630. The number of carbonyl (C=O) groups excluding carboxylic acids is 1. The number of hydrogen-bond donors (Lipinski definition) is 1. The molecule has 0 heterocycles. The number of aliphatic hydroxyl groups is 1. The van der Waals surface area contributed by atoms with E-state index in [4.69, 9.17) is 0 Å². The van der Waals surface area contributed by atoms with Crippen molar-refractivity contribution >= 4 is 6.29 Å². The number of fused-ring (bicyclic) bond motifs is 3. The standard InChI is InChI=1S/C19H30O2/c1-17(2)15-6-5-13-11-18(3,12-20)9-7-14(13)19(15,4)10-8-16(17)21/h5,12,14-16,21H,6-11H2,1-4H3/t14-,15-,16?,18?,19+/m0/s1. The minimum atomic E-state index is -0.172. The van der Waals surface area contributed by atoms with Crippen LogP contribution in [0.5, 0.6) is 0 Å². The lowest BCUT2D eigenvalue weighted by atomic mass is 9.45. The average molecular weight is 290 g/mol. The van der Waals surface area contributed by atoms with E-state index in [0.29, 0.717) is 17.3 Å². The van der Waals surface area contributed by atoms with Crippen LogP contribution in [0.15, 0.2) is 11.6 Å². The maximum absolute atomic E-state index is 11.4. The Labute approximate surface area is 129 Å². The zero-order valence-electron chi connectivity index (χ0n) is 14.0. The first-order valence-electron chi connectivity index (χ1n) is 8.56. The predicted octanol–water partition coefficient (Wildman–Crippen LogP) is 4.13. The fourth-order valence-corrected chi connectivity index (χ4v) is 5.74. The Morgan fingerprint density at radius 3 is 2.57 bits per heavy atom. The molecule has 0 saturated heterocycles. The molecule has 0 aromatic heterocycles. The molecule has 2 unspecified atom stereocenters. The molecule has 2 heteroatoms. The van der Waals surface area contributed by atoms with E-state index in [2.05, 4.69) is 33.8 Å². The van der Waals surface area contributed by atoms with Crippen LogP contribution in [0.1, 0.15) is 66.2 Å². The molecule has 3 aliphatic rings. The molecular weight excluding hydrogens is 260 g/mol. The number of aliphatic hydroxyl groups excluding tert-OH is 1. The SMILES string of the molecule is CC1(C=O)CC[C@H]2C(=CC[C@H]3C(C)(C)C(O)CC[C@]23C)C1. The summed E-state index contributed by atoms with van der Waals surface area (Å²) in [7, 11) is 0. The first kappa shape index (κ1) is 15.3. The summed E-state index contributed by atoms with van der Waals surface area (Å²) in [6.45, 7) is 9.06. The third-order valence-electron chi connectivity index (χ3n) is 7.27. The first-order chi connectivity index (χ1) is 9.73. The predicted molar refractivity (Wildman–Crippen MR) is 84.8 cm³/mol. The van der Waals surface area contributed by atoms with E-state index in [9.17, 15) is 9.90 Å². The molecule has 0 aromatic carbocycles. The quantitative estimate of drug-likeness (QED) is 0.582. The molecule has 2 nitrogen and oxygen atoms in total. The summed E-state index contributed by atoms with van der Waals surface area (Å²) in [4.78, 5) is 11.4. The fourth-order valence-electron chi connectivity index (χ4n) is 5.74.